The molecule has 1 aliphatic rings. The van der Waals surface area contributed by atoms with Crippen LogP contribution < -0.4 is 5.32 Å². The van der Waals surface area contributed by atoms with E-state index < -0.39 is 0 Å². The first kappa shape index (κ1) is 4.18. The molecule has 7 heavy (non-hydrogen) atoms. The van der Waals surface area contributed by atoms with E-state index in [9.17, 15) is 4.79 Å². The molecule has 1 N–H and O–H groups in total. The van der Waals surface area contributed by atoms with Gasteiger partial charge in [0, 0.05) is 12.4 Å². The molecular formula is C4H5N2O. The van der Waals surface area contributed by atoms with E-state index >= 15 is 0 Å². The van der Waals surface area contributed by atoms with Crippen LogP contribution in [-0.2, 0) is 4.79 Å². The minimum absolute atomic E-state index is 0.559. The summed E-state index contributed by atoms with van der Waals surface area (Å²) in [6.07, 6.45) is 5.03. The van der Waals surface area contributed by atoms with Crippen molar-refractivity contribution in [1.29, 1.82) is 0 Å². The first-order valence-corrected chi connectivity index (χ1v) is 1.98. The van der Waals surface area contributed by atoms with Crippen molar-refractivity contribution < 1.29 is 4.79 Å². The lowest BCUT2D eigenvalue weighted by molar-refractivity contribution is 0.470. The van der Waals surface area contributed by atoms with Crippen molar-refractivity contribution >= 4 is 6.41 Å². The largest absolute Gasteiger partial charge is 0.372 e. The molecule has 0 aromatic rings. The van der Waals surface area contributed by atoms with Crippen molar-refractivity contribution in [3.8, 4) is 0 Å². The average Bonchev–Trinajstić information content (AvgIpc) is 2.14. The van der Waals surface area contributed by atoms with Crippen LogP contribution in [0.3, 0.4) is 0 Å². The highest BCUT2D eigenvalue weighted by atomic mass is 16.1. The maximum atomic E-state index is 9.72. The Labute approximate surface area is 41.6 Å². The molecule has 1 radical (unpaired) electrons. The van der Waals surface area contributed by atoms with Gasteiger partial charge in [-0.05, 0) is 0 Å². The second-order valence-electron chi connectivity index (χ2n) is 1.24. The lowest BCUT2D eigenvalue weighted by atomic mass is 10.8. The topological polar surface area (TPSA) is 32.3 Å². The van der Waals surface area contributed by atoms with E-state index in [0.29, 0.717) is 6.67 Å². The molecule has 0 unspecified atom stereocenters. The molecule has 0 bridgehead atoms. The Morgan fingerprint density at radius 1 is 1.86 bits per heavy atom. The van der Waals surface area contributed by atoms with Crippen LogP contribution in [0.2, 0.25) is 0 Å². The Hall–Kier alpha value is -0.990. The zero-order valence-corrected chi connectivity index (χ0v) is 3.72. The molecule has 0 atom stereocenters. The summed E-state index contributed by atoms with van der Waals surface area (Å²) in [5.41, 5.74) is 0. The predicted molar refractivity (Wildman–Crippen MR) is 24.7 cm³/mol. The lowest BCUT2D eigenvalue weighted by Gasteiger charge is -1.98. The van der Waals surface area contributed by atoms with Crippen molar-refractivity contribution in [3.63, 3.8) is 0 Å². The van der Waals surface area contributed by atoms with Gasteiger partial charge in [0.2, 0.25) is 0 Å². The summed E-state index contributed by atoms with van der Waals surface area (Å²) < 4.78 is 0. The third-order valence-electron chi connectivity index (χ3n) is 0.751. The number of amides is 1. The molecule has 0 fully saturated rings. The van der Waals surface area contributed by atoms with Gasteiger partial charge >= 0.3 is 6.41 Å². The summed E-state index contributed by atoms with van der Waals surface area (Å²) in [5, 5.41) is 2.81. The average molecular weight is 97.1 g/mol. The van der Waals surface area contributed by atoms with Gasteiger partial charge in [0.15, 0.2) is 0 Å². The van der Waals surface area contributed by atoms with Crippen molar-refractivity contribution in [2.24, 2.45) is 0 Å². The fraction of sp³-hybridized carbons (Fsp3) is 0.250. The van der Waals surface area contributed by atoms with Gasteiger partial charge in [0.1, 0.15) is 0 Å². The van der Waals surface area contributed by atoms with Crippen LogP contribution in [0.4, 0.5) is 0 Å². The van der Waals surface area contributed by atoms with Gasteiger partial charge in [-0.2, -0.15) is 0 Å². The van der Waals surface area contributed by atoms with Crippen molar-refractivity contribution in [2.75, 3.05) is 6.67 Å². The normalized spacial score (nSPS) is 16.9. The smallest absolute Gasteiger partial charge is 0.317 e. The minimum Gasteiger partial charge on any atom is -0.372 e. The van der Waals surface area contributed by atoms with E-state index in [-0.39, 0.29) is 0 Å². The fourth-order valence-electron chi connectivity index (χ4n) is 0.409. The number of carbonyl (C=O) groups excluding carboxylic acids is 1. The van der Waals surface area contributed by atoms with Gasteiger partial charge in [-0.3, -0.25) is 9.69 Å². The molecule has 1 amide bonds. The Balaban J connectivity index is 2.42. The molecule has 37 valence electrons. The molecule has 3 heteroatoms. The van der Waals surface area contributed by atoms with Gasteiger partial charge in [0.25, 0.3) is 0 Å². The zero-order chi connectivity index (χ0) is 5.11. The van der Waals surface area contributed by atoms with Crippen LogP contribution in [0.25, 0.3) is 0 Å². The second-order valence-corrected chi connectivity index (χ2v) is 1.24. The number of rotatable bonds is 1. The van der Waals surface area contributed by atoms with E-state index in [1.54, 1.807) is 18.8 Å². The third kappa shape index (κ3) is 0.707. The van der Waals surface area contributed by atoms with E-state index in [1.165, 1.54) is 4.90 Å². The van der Waals surface area contributed by atoms with Crippen LogP contribution in [0, 0.1) is 0 Å². The quantitative estimate of drug-likeness (QED) is 0.473. The molecule has 1 aliphatic heterocycles. The molecular weight excluding hydrogens is 92.1 g/mol. The molecule has 0 aliphatic carbocycles. The van der Waals surface area contributed by atoms with Crippen LogP contribution in [-0.4, -0.2) is 18.0 Å². The Morgan fingerprint density at radius 3 is 3.00 bits per heavy atom. The monoisotopic (exact) mass is 97.0 g/mol. The number of hydrogen-bond donors (Lipinski definition) is 1. The van der Waals surface area contributed by atoms with Crippen LogP contribution in [0.1, 0.15) is 0 Å². The molecule has 1 rings (SSSR count). The van der Waals surface area contributed by atoms with Crippen LogP contribution in [0.5, 0.6) is 0 Å². The zero-order valence-electron chi connectivity index (χ0n) is 3.72. The standard InChI is InChI=1S/C4H5N2O/c7-4-6-2-1-5-3-6/h1-2,5H,3H2. The SMILES string of the molecule is O=[C]N1C=CNC1. The molecule has 0 aromatic carbocycles. The summed E-state index contributed by atoms with van der Waals surface area (Å²) in [6.45, 7) is 0.559. The van der Waals surface area contributed by atoms with E-state index in [0.717, 1.165) is 0 Å². The van der Waals surface area contributed by atoms with Crippen molar-refractivity contribution in [1.82, 2.24) is 10.2 Å². The molecule has 0 spiro atoms. The van der Waals surface area contributed by atoms with Gasteiger partial charge in [0.05, 0.1) is 6.67 Å². The Morgan fingerprint density at radius 2 is 2.71 bits per heavy atom. The van der Waals surface area contributed by atoms with Gasteiger partial charge in [-0.25, -0.2) is 0 Å². The van der Waals surface area contributed by atoms with E-state index in [2.05, 4.69) is 5.32 Å². The van der Waals surface area contributed by atoms with E-state index in [1.807, 2.05) is 0 Å². The first-order valence-electron chi connectivity index (χ1n) is 1.98. The van der Waals surface area contributed by atoms with E-state index in [4.69, 9.17) is 0 Å². The summed E-state index contributed by atoms with van der Waals surface area (Å²) in [6, 6.07) is 0. The Kier molecular flexibility index (Phi) is 0.978. The first-order chi connectivity index (χ1) is 3.43. The molecule has 3 nitrogen and oxygen atoms in total. The molecule has 1 heterocycles. The van der Waals surface area contributed by atoms with Gasteiger partial charge < -0.3 is 5.32 Å². The maximum Gasteiger partial charge on any atom is 0.317 e. The predicted octanol–water partition coefficient (Wildman–Crippen LogP) is -0.613. The van der Waals surface area contributed by atoms with Gasteiger partial charge in [-0.15, -0.1) is 0 Å². The molecule has 0 aromatic heterocycles. The van der Waals surface area contributed by atoms with Crippen LogP contribution in [0.15, 0.2) is 12.4 Å². The second kappa shape index (κ2) is 1.64. The fourth-order valence-corrected chi connectivity index (χ4v) is 0.409. The number of nitrogens with one attached hydrogen (secondary N) is 1. The Bertz CT molecular complexity index is 99.9. The summed E-state index contributed by atoms with van der Waals surface area (Å²) in [5.74, 6) is 0. The minimum atomic E-state index is 0.559. The molecule has 0 saturated carbocycles. The third-order valence-corrected chi connectivity index (χ3v) is 0.751. The van der Waals surface area contributed by atoms with Crippen LogP contribution >= 0.6 is 0 Å². The van der Waals surface area contributed by atoms with Gasteiger partial charge in [-0.1, -0.05) is 0 Å². The van der Waals surface area contributed by atoms with Crippen molar-refractivity contribution in [2.45, 2.75) is 0 Å². The number of hydrogen-bond acceptors (Lipinski definition) is 2. The maximum absolute atomic E-state index is 9.72. The summed E-state index contributed by atoms with van der Waals surface area (Å²) >= 11 is 0. The highest BCUT2D eigenvalue weighted by Crippen LogP contribution is 1.86. The lowest BCUT2D eigenvalue weighted by Crippen LogP contribution is -2.17. The highest BCUT2D eigenvalue weighted by molar-refractivity contribution is 5.50. The number of nitrogens with zero attached hydrogens (tertiary/aromatic N) is 1. The molecule has 0 saturated heterocycles. The summed E-state index contributed by atoms with van der Waals surface area (Å²) in [4.78, 5) is 11.1. The highest BCUT2D eigenvalue weighted by Gasteiger charge is 1.98. The summed E-state index contributed by atoms with van der Waals surface area (Å²) in [7, 11) is 0. The van der Waals surface area contributed by atoms with Crippen molar-refractivity contribution in [3.05, 3.63) is 12.4 Å².